The number of benzene rings is 1. The lowest BCUT2D eigenvalue weighted by atomic mass is 9.86. The van der Waals surface area contributed by atoms with Crippen LogP contribution in [0.1, 0.15) is 40.5 Å². The topological polar surface area (TPSA) is 64.0 Å². The van der Waals surface area contributed by atoms with Gasteiger partial charge in [-0.25, -0.2) is 0 Å². The normalized spacial score (nSPS) is 26.0. The molecule has 3 atom stereocenters. The minimum absolute atomic E-state index is 0.0322. The Morgan fingerprint density at radius 3 is 2.78 bits per heavy atom. The third kappa shape index (κ3) is 2.18. The molecule has 1 aromatic carbocycles. The van der Waals surface area contributed by atoms with Crippen LogP contribution in [0.3, 0.4) is 0 Å². The monoisotopic (exact) mass is 367 g/mol. The fraction of sp³-hybridized carbons (Fsp3) is 0.400. The van der Waals surface area contributed by atoms with E-state index in [1.807, 2.05) is 12.1 Å². The molecule has 140 valence electrons. The van der Waals surface area contributed by atoms with Gasteiger partial charge in [-0.05, 0) is 24.0 Å². The number of amides is 1. The van der Waals surface area contributed by atoms with Crippen LogP contribution in [-0.4, -0.2) is 41.9 Å². The van der Waals surface area contributed by atoms with Crippen molar-refractivity contribution in [3.63, 3.8) is 0 Å². The summed E-state index contributed by atoms with van der Waals surface area (Å²) in [5.74, 6) is -0.116. The Bertz CT molecular complexity index is 985. The standard InChI is InChI=1S/C20H21N3O4/c1-21-16-8-7-15-17(13-6-4-3-5-12(13)11-27-15)23(16)22-10-9-14(24)19(26-2)18(22)20(21)25/h3-6,9-10,15-17H,7-8,11H2,1-2H3. The predicted molar refractivity (Wildman–Crippen MR) is 98.3 cm³/mol. The van der Waals surface area contributed by atoms with Crippen molar-refractivity contribution in [2.45, 2.75) is 37.8 Å². The summed E-state index contributed by atoms with van der Waals surface area (Å²) in [6, 6.07) is 9.69. The molecule has 4 heterocycles. The van der Waals surface area contributed by atoms with Crippen LogP contribution in [0, 0.1) is 0 Å². The highest BCUT2D eigenvalue weighted by atomic mass is 16.5. The number of hydrogen-bond donors (Lipinski definition) is 0. The maximum atomic E-state index is 13.0. The minimum Gasteiger partial charge on any atom is -0.491 e. The molecule has 27 heavy (non-hydrogen) atoms. The third-order valence-corrected chi connectivity index (χ3v) is 5.94. The highest BCUT2D eigenvalue weighted by Crippen LogP contribution is 2.43. The van der Waals surface area contributed by atoms with Crippen molar-refractivity contribution in [1.29, 1.82) is 0 Å². The van der Waals surface area contributed by atoms with Gasteiger partial charge in [0.2, 0.25) is 5.43 Å². The van der Waals surface area contributed by atoms with Gasteiger partial charge in [0.1, 0.15) is 6.17 Å². The SMILES string of the molecule is COc1c2n(ccc1=O)N1C3c4ccccc4COC3CCC1N(C)C2=O. The summed E-state index contributed by atoms with van der Waals surface area (Å²) in [5.41, 5.74) is 2.35. The summed E-state index contributed by atoms with van der Waals surface area (Å²) in [7, 11) is 3.21. The van der Waals surface area contributed by atoms with Crippen LogP contribution < -0.4 is 15.2 Å². The molecule has 1 fully saturated rings. The molecule has 1 saturated heterocycles. The number of aromatic nitrogens is 1. The maximum absolute atomic E-state index is 13.0. The van der Waals surface area contributed by atoms with Gasteiger partial charge in [-0.3, -0.25) is 19.3 Å². The molecule has 0 bridgehead atoms. The van der Waals surface area contributed by atoms with E-state index in [0.717, 1.165) is 18.4 Å². The fourth-order valence-electron chi connectivity index (χ4n) is 4.67. The van der Waals surface area contributed by atoms with Gasteiger partial charge in [0.25, 0.3) is 5.91 Å². The highest BCUT2D eigenvalue weighted by Gasteiger charge is 2.48. The second kappa shape index (κ2) is 5.85. The molecule has 5 rings (SSSR count). The first-order chi connectivity index (χ1) is 13.1. The number of ether oxygens (including phenoxy) is 2. The number of carbonyl (C=O) groups is 1. The first kappa shape index (κ1) is 16.4. The lowest BCUT2D eigenvalue weighted by molar-refractivity contribution is -0.0387. The van der Waals surface area contributed by atoms with E-state index >= 15 is 0 Å². The molecule has 0 radical (unpaired) electrons. The number of pyridine rings is 1. The largest absolute Gasteiger partial charge is 0.491 e. The molecule has 3 unspecified atom stereocenters. The van der Waals surface area contributed by atoms with Crippen LogP contribution in [0.25, 0.3) is 0 Å². The Hall–Kier alpha value is -2.80. The summed E-state index contributed by atoms with van der Waals surface area (Å²) in [6.07, 6.45) is 3.30. The molecule has 0 N–H and O–H groups in total. The molecular formula is C20H21N3O4. The molecule has 0 spiro atoms. The number of fused-ring (bicyclic) bond motifs is 7. The number of hydrogen-bond acceptors (Lipinski definition) is 5. The second-order valence-electron chi connectivity index (χ2n) is 7.25. The molecule has 0 aliphatic carbocycles. The number of carbonyl (C=O) groups excluding carboxylic acids is 1. The van der Waals surface area contributed by atoms with Crippen molar-refractivity contribution < 1.29 is 14.3 Å². The first-order valence-corrected chi connectivity index (χ1v) is 9.16. The highest BCUT2D eigenvalue weighted by molar-refractivity contribution is 5.96. The summed E-state index contributed by atoms with van der Waals surface area (Å²) in [5, 5.41) is 2.17. The van der Waals surface area contributed by atoms with E-state index in [0.29, 0.717) is 6.61 Å². The molecule has 3 aliphatic rings. The molecule has 1 aromatic heterocycles. The number of piperidine rings is 1. The maximum Gasteiger partial charge on any atom is 0.277 e. The minimum atomic E-state index is -0.294. The third-order valence-electron chi connectivity index (χ3n) is 5.94. The summed E-state index contributed by atoms with van der Waals surface area (Å²) in [4.78, 5) is 27.0. The number of nitrogens with zero attached hydrogens (tertiary/aromatic N) is 3. The molecule has 2 aromatic rings. The van der Waals surface area contributed by atoms with Crippen molar-refractivity contribution in [2.24, 2.45) is 0 Å². The number of rotatable bonds is 1. The van der Waals surface area contributed by atoms with Crippen LogP contribution in [0.2, 0.25) is 0 Å². The summed E-state index contributed by atoms with van der Waals surface area (Å²) >= 11 is 0. The zero-order chi connectivity index (χ0) is 18.7. The molecule has 3 aliphatic heterocycles. The molecule has 7 heteroatoms. The Labute approximate surface area is 156 Å². The zero-order valence-electron chi connectivity index (χ0n) is 15.3. The lowest BCUT2D eigenvalue weighted by Crippen LogP contribution is -2.65. The Morgan fingerprint density at radius 2 is 1.96 bits per heavy atom. The second-order valence-corrected chi connectivity index (χ2v) is 7.25. The van der Waals surface area contributed by atoms with E-state index < -0.39 is 0 Å². The van der Waals surface area contributed by atoms with E-state index in [-0.39, 0.29) is 41.1 Å². The predicted octanol–water partition coefficient (Wildman–Crippen LogP) is 1.64. The van der Waals surface area contributed by atoms with Crippen LogP contribution in [0.15, 0.2) is 41.3 Å². The summed E-state index contributed by atoms with van der Waals surface area (Å²) in [6.45, 7) is 0.602. The van der Waals surface area contributed by atoms with E-state index in [1.165, 1.54) is 18.7 Å². The average molecular weight is 367 g/mol. The Balaban J connectivity index is 1.75. The number of methoxy groups -OCH3 is 1. The molecule has 0 saturated carbocycles. The molecule has 7 nitrogen and oxygen atoms in total. The van der Waals surface area contributed by atoms with E-state index in [2.05, 4.69) is 17.1 Å². The van der Waals surface area contributed by atoms with Crippen LogP contribution >= 0.6 is 0 Å². The lowest BCUT2D eigenvalue weighted by Gasteiger charge is -2.55. The quantitative estimate of drug-likeness (QED) is 0.767. The zero-order valence-corrected chi connectivity index (χ0v) is 15.3. The van der Waals surface area contributed by atoms with Crippen LogP contribution in [0.4, 0.5) is 0 Å². The van der Waals surface area contributed by atoms with Gasteiger partial charge in [-0.15, -0.1) is 0 Å². The van der Waals surface area contributed by atoms with Gasteiger partial charge in [0, 0.05) is 19.3 Å². The van der Waals surface area contributed by atoms with Crippen molar-refractivity contribution in [3.8, 4) is 5.75 Å². The van der Waals surface area contributed by atoms with Crippen molar-refractivity contribution in [3.05, 3.63) is 63.6 Å². The first-order valence-electron chi connectivity index (χ1n) is 9.16. The Morgan fingerprint density at radius 1 is 1.15 bits per heavy atom. The van der Waals surface area contributed by atoms with Crippen molar-refractivity contribution in [1.82, 2.24) is 9.58 Å². The molecule has 1 amide bonds. The van der Waals surface area contributed by atoms with Gasteiger partial charge in [0.05, 0.1) is 25.9 Å². The van der Waals surface area contributed by atoms with E-state index in [9.17, 15) is 9.59 Å². The van der Waals surface area contributed by atoms with Gasteiger partial charge < -0.3 is 14.4 Å². The van der Waals surface area contributed by atoms with Gasteiger partial charge in [-0.2, -0.15) is 0 Å². The van der Waals surface area contributed by atoms with E-state index in [1.54, 1.807) is 22.8 Å². The van der Waals surface area contributed by atoms with Crippen molar-refractivity contribution >= 4 is 5.91 Å². The Kier molecular flexibility index (Phi) is 3.55. The average Bonchev–Trinajstić information content (AvgIpc) is 2.70. The fourth-order valence-corrected chi connectivity index (χ4v) is 4.67. The van der Waals surface area contributed by atoms with Crippen molar-refractivity contribution in [2.75, 3.05) is 19.2 Å². The smallest absolute Gasteiger partial charge is 0.277 e. The van der Waals surface area contributed by atoms with Crippen LogP contribution in [0.5, 0.6) is 5.75 Å². The van der Waals surface area contributed by atoms with Gasteiger partial charge in [-0.1, -0.05) is 24.3 Å². The molecular weight excluding hydrogens is 346 g/mol. The van der Waals surface area contributed by atoms with Crippen LogP contribution in [-0.2, 0) is 11.3 Å². The van der Waals surface area contributed by atoms with E-state index in [4.69, 9.17) is 9.47 Å². The van der Waals surface area contributed by atoms with Gasteiger partial charge in [0.15, 0.2) is 11.4 Å². The van der Waals surface area contributed by atoms with Gasteiger partial charge >= 0.3 is 0 Å². The summed E-state index contributed by atoms with van der Waals surface area (Å²) < 4.78 is 13.3.